The van der Waals surface area contributed by atoms with Crippen LogP contribution >= 0.6 is 0 Å². The number of hydrogen-bond acceptors (Lipinski definition) is 4. The highest BCUT2D eigenvalue weighted by Gasteiger charge is 2.29. The van der Waals surface area contributed by atoms with Crippen LogP contribution < -0.4 is 0 Å². The monoisotopic (exact) mass is 379 g/mol. The standard InChI is InChI=1S/C21H30FNO4/c1-20(2,3)26-18(24)15-7-8-16(17(22)13-15)14-9-11-23(12-10-14)19(25)27-21(4,5)6/h7-8,13-14H,9-12H2,1-6H3. The van der Waals surface area contributed by atoms with Crippen LogP contribution in [-0.2, 0) is 9.47 Å². The van der Waals surface area contributed by atoms with E-state index in [4.69, 9.17) is 9.47 Å². The summed E-state index contributed by atoms with van der Waals surface area (Å²) in [5, 5.41) is 0. The van der Waals surface area contributed by atoms with E-state index in [1.54, 1.807) is 37.8 Å². The van der Waals surface area contributed by atoms with Gasteiger partial charge in [0.25, 0.3) is 0 Å². The average Bonchev–Trinajstić information content (AvgIpc) is 2.51. The predicted octanol–water partition coefficient (Wildman–Crippen LogP) is 4.90. The number of ether oxygens (including phenoxy) is 2. The third-order valence-electron chi connectivity index (χ3n) is 4.22. The topological polar surface area (TPSA) is 55.8 Å². The molecule has 6 heteroatoms. The first-order valence-electron chi connectivity index (χ1n) is 9.36. The largest absolute Gasteiger partial charge is 0.456 e. The number of likely N-dealkylation sites (tertiary alicyclic amines) is 1. The first-order valence-corrected chi connectivity index (χ1v) is 9.36. The molecule has 150 valence electrons. The van der Waals surface area contributed by atoms with Gasteiger partial charge in [-0.25, -0.2) is 14.0 Å². The summed E-state index contributed by atoms with van der Waals surface area (Å²) < 4.78 is 25.3. The van der Waals surface area contributed by atoms with Crippen molar-refractivity contribution < 1.29 is 23.5 Å². The number of rotatable bonds is 2. The Kier molecular flexibility index (Phi) is 6.17. The van der Waals surface area contributed by atoms with E-state index in [1.165, 1.54) is 6.07 Å². The highest BCUT2D eigenvalue weighted by atomic mass is 19.1. The Morgan fingerprint density at radius 1 is 1.00 bits per heavy atom. The lowest BCUT2D eigenvalue weighted by Gasteiger charge is -2.33. The van der Waals surface area contributed by atoms with Gasteiger partial charge in [0, 0.05) is 13.1 Å². The molecule has 1 fully saturated rings. The number of amides is 1. The van der Waals surface area contributed by atoms with Gasteiger partial charge in [-0.2, -0.15) is 0 Å². The minimum Gasteiger partial charge on any atom is -0.456 e. The number of nitrogens with zero attached hydrogens (tertiary/aromatic N) is 1. The van der Waals surface area contributed by atoms with Crippen LogP contribution in [0, 0.1) is 5.82 Å². The van der Waals surface area contributed by atoms with Gasteiger partial charge in [-0.1, -0.05) is 6.07 Å². The number of esters is 1. The first-order chi connectivity index (χ1) is 12.4. The molecule has 5 nitrogen and oxygen atoms in total. The van der Waals surface area contributed by atoms with Crippen LogP contribution in [0.15, 0.2) is 18.2 Å². The molecule has 1 aromatic rings. The fraction of sp³-hybridized carbons (Fsp3) is 0.619. The summed E-state index contributed by atoms with van der Waals surface area (Å²) in [7, 11) is 0. The van der Waals surface area contributed by atoms with Crippen molar-refractivity contribution in [1.82, 2.24) is 4.90 Å². The molecular weight excluding hydrogens is 349 g/mol. The number of halogens is 1. The lowest BCUT2D eigenvalue weighted by Crippen LogP contribution is -2.41. The van der Waals surface area contributed by atoms with Gasteiger partial charge in [0.15, 0.2) is 0 Å². The summed E-state index contributed by atoms with van der Waals surface area (Å²) in [6.07, 6.45) is 0.978. The van der Waals surface area contributed by atoms with Crippen molar-refractivity contribution >= 4 is 12.1 Å². The SMILES string of the molecule is CC(C)(C)OC(=O)c1ccc(C2CCN(C(=O)OC(C)(C)C)CC2)c(F)c1. The van der Waals surface area contributed by atoms with E-state index in [9.17, 15) is 14.0 Å². The van der Waals surface area contributed by atoms with Gasteiger partial charge in [0.1, 0.15) is 17.0 Å². The van der Waals surface area contributed by atoms with E-state index in [-0.39, 0.29) is 17.6 Å². The third-order valence-corrected chi connectivity index (χ3v) is 4.22. The molecule has 27 heavy (non-hydrogen) atoms. The summed E-state index contributed by atoms with van der Waals surface area (Å²) in [4.78, 5) is 25.9. The minimum absolute atomic E-state index is 0.0105. The van der Waals surface area contributed by atoms with Crippen LogP contribution in [0.5, 0.6) is 0 Å². The van der Waals surface area contributed by atoms with Gasteiger partial charge < -0.3 is 14.4 Å². The third kappa shape index (κ3) is 6.22. The van der Waals surface area contributed by atoms with Crippen molar-refractivity contribution in [2.75, 3.05) is 13.1 Å². The smallest absolute Gasteiger partial charge is 0.410 e. The molecule has 0 saturated carbocycles. The Labute approximate surface area is 160 Å². The maximum Gasteiger partial charge on any atom is 0.410 e. The molecule has 1 aliphatic rings. The molecule has 0 radical (unpaired) electrons. The van der Waals surface area contributed by atoms with Crippen LogP contribution in [0.4, 0.5) is 9.18 Å². The second-order valence-electron chi connectivity index (χ2n) is 8.98. The molecule has 0 spiro atoms. The van der Waals surface area contributed by atoms with Crippen molar-refractivity contribution in [2.24, 2.45) is 0 Å². The Morgan fingerprint density at radius 2 is 1.56 bits per heavy atom. The minimum atomic E-state index is -0.624. The Hall–Kier alpha value is -2.11. The molecule has 0 unspecified atom stereocenters. The lowest BCUT2D eigenvalue weighted by molar-refractivity contribution is 0.00676. The highest BCUT2D eigenvalue weighted by Crippen LogP contribution is 2.31. The molecular formula is C21H30FNO4. The maximum absolute atomic E-state index is 14.6. The van der Waals surface area contributed by atoms with E-state index in [0.29, 0.717) is 31.5 Å². The van der Waals surface area contributed by atoms with E-state index in [1.807, 2.05) is 20.8 Å². The number of piperidine rings is 1. The molecule has 1 aromatic carbocycles. The number of hydrogen-bond donors (Lipinski definition) is 0. The van der Waals surface area contributed by atoms with E-state index < -0.39 is 23.0 Å². The summed E-state index contributed by atoms with van der Waals surface area (Å²) in [5.74, 6) is -0.932. The highest BCUT2D eigenvalue weighted by molar-refractivity contribution is 5.89. The number of carbonyl (C=O) groups is 2. The molecule has 2 rings (SSSR count). The molecule has 1 amide bonds. The molecule has 1 heterocycles. The normalized spacial score (nSPS) is 16.2. The molecule has 0 N–H and O–H groups in total. The van der Waals surface area contributed by atoms with Gasteiger partial charge in [-0.05, 0) is 78.0 Å². The summed E-state index contributed by atoms with van der Waals surface area (Å²) in [6, 6.07) is 4.50. The van der Waals surface area contributed by atoms with Crippen LogP contribution in [-0.4, -0.2) is 41.3 Å². The molecule has 0 aliphatic carbocycles. The quantitative estimate of drug-likeness (QED) is 0.686. The molecule has 1 aliphatic heterocycles. The van der Waals surface area contributed by atoms with Crippen molar-refractivity contribution in [3.05, 3.63) is 35.1 Å². The zero-order valence-corrected chi connectivity index (χ0v) is 17.1. The van der Waals surface area contributed by atoms with Crippen LogP contribution in [0.3, 0.4) is 0 Å². The Balaban J connectivity index is 2.00. The predicted molar refractivity (Wildman–Crippen MR) is 101 cm³/mol. The first kappa shape index (κ1) is 21.2. The second-order valence-corrected chi connectivity index (χ2v) is 8.98. The van der Waals surface area contributed by atoms with Gasteiger partial charge in [-0.15, -0.1) is 0 Å². The Bertz CT molecular complexity index is 695. The fourth-order valence-corrected chi connectivity index (χ4v) is 3.02. The van der Waals surface area contributed by atoms with Crippen molar-refractivity contribution in [2.45, 2.75) is 71.5 Å². The molecule has 1 saturated heterocycles. The molecule has 0 atom stereocenters. The average molecular weight is 379 g/mol. The van der Waals surface area contributed by atoms with Crippen LogP contribution in [0.1, 0.15) is 76.2 Å². The van der Waals surface area contributed by atoms with Crippen LogP contribution in [0.25, 0.3) is 0 Å². The van der Waals surface area contributed by atoms with Crippen molar-refractivity contribution in [3.8, 4) is 0 Å². The van der Waals surface area contributed by atoms with Gasteiger partial charge >= 0.3 is 12.1 Å². The molecule has 0 bridgehead atoms. The maximum atomic E-state index is 14.6. The van der Waals surface area contributed by atoms with Gasteiger partial charge in [0.2, 0.25) is 0 Å². The van der Waals surface area contributed by atoms with E-state index in [2.05, 4.69) is 0 Å². The number of benzene rings is 1. The van der Waals surface area contributed by atoms with Gasteiger partial charge in [0.05, 0.1) is 5.56 Å². The second kappa shape index (κ2) is 7.87. The molecule has 0 aromatic heterocycles. The lowest BCUT2D eigenvalue weighted by atomic mass is 9.88. The van der Waals surface area contributed by atoms with Crippen molar-refractivity contribution in [1.29, 1.82) is 0 Å². The fourth-order valence-electron chi connectivity index (χ4n) is 3.02. The summed E-state index contributed by atoms with van der Waals surface area (Å²) in [5.41, 5.74) is -0.373. The van der Waals surface area contributed by atoms with Crippen LogP contribution in [0.2, 0.25) is 0 Å². The zero-order chi connectivity index (χ0) is 20.4. The Morgan fingerprint density at radius 3 is 2.04 bits per heavy atom. The summed E-state index contributed by atoms with van der Waals surface area (Å²) >= 11 is 0. The van der Waals surface area contributed by atoms with E-state index in [0.717, 1.165) is 0 Å². The zero-order valence-electron chi connectivity index (χ0n) is 17.1. The number of carbonyl (C=O) groups excluding carboxylic acids is 2. The van der Waals surface area contributed by atoms with Gasteiger partial charge in [-0.3, -0.25) is 0 Å². The summed E-state index contributed by atoms with van der Waals surface area (Å²) in [6.45, 7) is 11.9. The van der Waals surface area contributed by atoms with E-state index >= 15 is 0 Å². The van der Waals surface area contributed by atoms with Crippen molar-refractivity contribution in [3.63, 3.8) is 0 Å².